The van der Waals surface area contributed by atoms with Crippen LogP contribution in [0.5, 0.6) is 0 Å². The molecule has 0 bridgehead atoms. The lowest BCUT2D eigenvalue weighted by molar-refractivity contribution is -0.158. The van der Waals surface area contributed by atoms with Crippen LogP contribution in [0.15, 0.2) is 0 Å². The average Bonchev–Trinajstić information content (AvgIpc) is 2.90. The number of carbonyl (C=O) groups is 1. The van der Waals surface area contributed by atoms with E-state index in [2.05, 4.69) is 47.7 Å². The van der Waals surface area contributed by atoms with Gasteiger partial charge < -0.3 is 9.53 Å². The first-order valence-corrected chi connectivity index (χ1v) is 15.1. The highest BCUT2D eigenvalue weighted by Crippen LogP contribution is 2.65. The second-order valence-electron chi connectivity index (χ2n) is 13.0. The van der Waals surface area contributed by atoms with Crippen molar-refractivity contribution in [3.63, 3.8) is 0 Å². The maximum absolute atomic E-state index is 12.6. The van der Waals surface area contributed by atoms with E-state index in [1.54, 1.807) is 0 Å². The van der Waals surface area contributed by atoms with Crippen molar-refractivity contribution in [1.29, 1.82) is 0 Å². The normalized spacial score (nSPS) is 48.1. The molecule has 0 spiro atoms. The smallest absolute Gasteiger partial charge is 0.192 e. The second kappa shape index (κ2) is 6.90. The number of hydrogen-bond acceptors (Lipinski definition) is 3. The van der Waals surface area contributed by atoms with Crippen LogP contribution in [0.3, 0.4) is 0 Å². The average molecular weight is 421 g/mol. The van der Waals surface area contributed by atoms with Crippen LogP contribution in [0, 0.1) is 34.5 Å². The van der Waals surface area contributed by atoms with Crippen LogP contribution in [0.4, 0.5) is 0 Å². The van der Waals surface area contributed by atoms with Gasteiger partial charge in [-0.25, -0.2) is 0 Å². The number of aliphatic hydroxyl groups is 1. The number of ketones is 1. The molecule has 0 aromatic carbocycles. The Hall–Kier alpha value is -0.193. The summed E-state index contributed by atoms with van der Waals surface area (Å²) in [5.41, 5.74) is 0.161. The third kappa shape index (κ3) is 3.31. The number of hydrogen-bond donors (Lipinski definition) is 1. The first-order chi connectivity index (χ1) is 13.3. The van der Waals surface area contributed by atoms with Crippen LogP contribution >= 0.6 is 0 Å². The van der Waals surface area contributed by atoms with E-state index in [4.69, 9.17) is 4.43 Å². The van der Waals surface area contributed by atoms with E-state index in [0.29, 0.717) is 29.5 Å². The molecule has 1 unspecified atom stereocenters. The van der Waals surface area contributed by atoms with Crippen molar-refractivity contribution >= 4 is 14.1 Å². The van der Waals surface area contributed by atoms with Gasteiger partial charge in [0.15, 0.2) is 8.32 Å². The highest BCUT2D eigenvalue weighted by Gasteiger charge is 2.61. The van der Waals surface area contributed by atoms with E-state index in [0.717, 1.165) is 32.1 Å². The molecular formula is C25H44O3Si. The monoisotopic (exact) mass is 420 g/mol. The Morgan fingerprint density at radius 3 is 2.41 bits per heavy atom. The van der Waals surface area contributed by atoms with Crippen molar-refractivity contribution < 1.29 is 14.3 Å². The van der Waals surface area contributed by atoms with Gasteiger partial charge in [0.05, 0.1) is 12.2 Å². The molecule has 166 valence electrons. The molecule has 3 nitrogen and oxygen atoms in total. The van der Waals surface area contributed by atoms with E-state index < -0.39 is 8.32 Å². The number of aliphatic hydroxyl groups excluding tert-OH is 1. The molecule has 1 N–H and O–H groups in total. The van der Waals surface area contributed by atoms with Crippen molar-refractivity contribution in [2.75, 3.05) is 0 Å². The molecule has 0 aromatic heterocycles. The first kappa shape index (κ1) is 22.0. The molecule has 4 fully saturated rings. The Morgan fingerprint density at radius 2 is 1.76 bits per heavy atom. The number of carbonyl (C=O) groups excluding carboxylic acids is 1. The molecule has 0 saturated heterocycles. The fourth-order valence-corrected chi connectivity index (χ4v) is 9.08. The van der Waals surface area contributed by atoms with Crippen molar-refractivity contribution in [2.24, 2.45) is 34.5 Å². The Balaban J connectivity index is 1.53. The largest absolute Gasteiger partial charge is 0.411 e. The molecule has 4 heteroatoms. The summed E-state index contributed by atoms with van der Waals surface area (Å²) in [6, 6.07) is 0. The Kier molecular flexibility index (Phi) is 5.24. The highest BCUT2D eigenvalue weighted by molar-refractivity contribution is 6.74. The Bertz CT molecular complexity index is 667. The van der Waals surface area contributed by atoms with Gasteiger partial charge in [-0.05, 0) is 92.2 Å². The first-order valence-electron chi connectivity index (χ1n) is 12.2. The third-order valence-electron chi connectivity index (χ3n) is 10.6. The minimum Gasteiger partial charge on any atom is -0.411 e. The van der Waals surface area contributed by atoms with E-state index >= 15 is 0 Å². The van der Waals surface area contributed by atoms with E-state index in [1.165, 1.54) is 19.3 Å². The van der Waals surface area contributed by atoms with Crippen molar-refractivity contribution in [3.05, 3.63) is 0 Å². The van der Waals surface area contributed by atoms with Gasteiger partial charge in [0.25, 0.3) is 0 Å². The summed E-state index contributed by atoms with van der Waals surface area (Å²) in [4.78, 5) is 12.6. The number of Topliss-reactive ketones (excluding diaryl/α,β-unsaturated/α-hetero) is 1. The second-order valence-corrected chi connectivity index (χ2v) is 17.8. The van der Waals surface area contributed by atoms with Gasteiger partial charge >= 0.3 is 0 Å². The van der Waals surface area contributed by atoms with Gasteiger partial charge in [0.1, 0.15) is 5.78 Å². The quantitative estimate of drug-likeness (QED) is 0.561. The molecule has 8 atom stereocenters. The zero-order chi connectivity index (χ0) is 21.4. The predicted molar refractivity (Wildman–Crippen MR) is 120 cm³/mol. The molecule has 0 amide bonds. The van der Waals surface area contributed by atoms with Crippen molar-refractivity contribution in [2.45, 2.75) is 116 Å². The zero-order valence-electron chi connectivity index (χ0n) is 19.9. The Labute approximate surface area is 179 Å². The topological polar surface area (TPSA) is 46.5 Å². The van der Waals surface area contributed by atoms with Crippen LogP contribution in [0.1, 0.15) is 86.0 Å². The molecule has 0 heterocycles. The standard InChI is InChI=1S/C25H44O3Si/c1-23(2,3)29(6,7)28-21-14-16-8-9-17-18-10-11-22(27)24(18,4)13-12-19(17)25(16,5)15-20(21)26/h16-21,26H,8-15H2,1-7H3/t16-,17-,18-,19-,20-,21?,24-,25-/m0/s1. The van der Waals surface area contributed by atoms with Crippen LogP contribution in [0.25, 0.3) is 0 Å². The fourth-order valence-electron chi connectivity index (χ4n) is 7.71. The van der Waals surface area contributed by atoms with Gasteiger partial charge in [0, 0.05) is 11.8 Å². The molecular weight excluding hydrogens is 376 g/mol. The fraction of sp³-hybridized carbons (Fsp3) is 0.960. The highest BCUT2D eigenvalue weighted by atomic mass is 28.4. The van der Waals surface area contributed by atoms with E-state index in [9.17, 15) is 9.90 Å². The summed E-state index contributed by atoms with van der Waals surface area (Å²) in [5, 5.41) is 11.4. The maximum Gasteiger partial charge on any atom is 0.192 e. The lowest BCUT2D eigenvalue weighted by Gasteiger charge is -2.61. The van der Waals surface area contributed by atoms with Gasteiger partial charge in [-0.1, -0.05) is 34.6 Å². The van der Waals surface area contributed by atoms with Crippen LogP contribution < -0.4 is 0 Å². The molecule has 4 saturated carbocycles. The summed E-state index contributed by atoms with van der Waals surface area (Å²) in [5.74, 6) is 3.13. The lowest BCUT2D eigenvalue weighted by Crippen LogP contribution is -2.58. The zero-order valence-corrected chi connectivity index (χ0v) is 20.9. The summed E-state index contributed by atoms with van der Waals surface area (Å²) in [7, 11) is -1.88. The predicted octanol–water partition coefficient (Wildman–Crippen LogP) is 5.96. The lowest BCUT2D eigenvalue weighted by atomic mass is 9.45. The molecule has 0 radical (unpaired) electrons. The third-order valence-corrected chi connectivity index (χ3v) is 15.1. The van der Waals surface area contributed by atoms with Gasteiger partial charge in [-0.3, -0.25) is 4.79 Å². The summed E-state index contributed by atoms with van der Waals surface area (Å²) >= 11 is 0. The van der Waals surface area contributed by atoms with Crippen molar-refractivity contribution in [1.82, 2.24) is 0 Å². The molecule has 29 heavy (non-hydrogen) atoms. The minimum absolute atomic E-state index is 0.00688. The molecule has 4 aliphatic rings. The molecule has 4 rings (SSSR count). The SMILES string of the molecule is CC(C)(C)[Si](C)(C)OC1C[C@@H]2CC[C@@H]3[C@H](CC[C@]4(C)C(=O)CC[C@@H]34)[C@@]2(C)C[C@@H]1O. The Morgan fingerprint density at radius 1 is 1.07 bits per heavy atom. The number of fused-ring (bicyclic) bond motifs is 5. The van der Waals surface area contributed by atoms with Gasteiger partial charge in [-0.2, -0.15) is 0 Å². The minimum atomic E-state index is -1.88. The molecule has 0 aromatic rings. The summed E-state index contributed by atoms with van der Waals surface area (Å²) < 4.78 is 6.73. The van der Waals surface area contributed by atoms with Crippen LogP contribution in [-0.2, 0) is 9.22 Å². The van der Waals surface area contributed by atoms with Gasteiger partial charge in [-0.15, -0.1) is 0 Å². The van der Waals surface area contributed by atoms with E-state index in [1.807, 2.05) is 0 Å². The molecule has 4 aliphatic carbocycles. The number of rotatable bonds is 2. The summed E-state index contributed by atoms with van der Waals surface area (Å²) in [6.45, 7) is 16.2. The molecule has 0 aliphatic heterocycles. The summed E-state index contributed by atoms with van der Waals surface area (Å²) in [6.07, 6.45) is 8.26. The van der Waals surface area contributed by atoms with Crippen molar-refractivity contribution in [3.8, 4) is 0 Å². The maximum atomic E-state index is 12.6. The van der Waals surface area contributed by atoms with Crippen LogP contribution in [0.2, 0.25) is 18.1 Å². The van der Waals surface area contributed by atoms with Gasteiger partial charge in [0.2, 0.25) is 0 Å². The van der Waals surface area contributed by atoms with E-state index in [-0.39, 0.29) is 28.1 Å². The van der Waals surface area contributed by atoms with Crippen LogP contribution in [-0.4, -0.2) is 31.4 Å².